The second-order valence-corrected chi connectivity index (χ2v) is 3.27. The van der Waals surface area contributed by atoms with Crippen molar-refractivity contribution < 1.29 is 28.0 Å². The fourth-order valence-corrected chi connectivity index (χ4v) is 1.34. The summed E-state index contributed by atoms with van der Waals surface area (Å²) in [5.41, 5.74) is 3.88. The molecule has 0 radical (unpaired) electrons. The third-order valence-electron chi connectivity index (χ3n) is 1.99. The van der Waals surface area contributed by atoms with Crippen LogP contribution in [0.1, 0.15) is 17.3 Å². The largest absolute Gasteiger partial charge is 0.462 e. The van der Waals surface area contributed by atoms with Gasteiger partial charge in [-0.05, 0) is 13.0 Å². The Kier molecular flexibility index (Phi) is 4.56. The molecule has 7 nitrogen and oxygen atoms in total. The van der Waals surface area contributed by atoms with Crippen LogP contribution >= 0.6 is 0 Å². The summed E-state index contributed by atoms with van der Waals surface area (Å²) in [4.78, 5) is 21.3. The number of benzene rings is 1. The number of carbonyl (C=O) groups excluding carboxylic acids is 1. The van der Waals surface area contributed by atoms with E-state index in [4.69, 9.17) is 5.73 Å². The number of nitrogens with zero attached hydrogens (tertiary/aromatic N) is 1. The number of hydrogen-bond donors (Lipinski definition) is 1. The maximum Gasteiger partial charge on any atom is 0.387 e. The predicted molar refractivity (Wildman–Crippen MR) is 60.1 cm³/mol. The van der Waals surface area contributed by atoms with Gasteiger partial charge in [0.25, 0.3) is 0 Å². The number of nitrogen functional groups attached to an aromatic ring is 1. The van der Waals surface area contributed by atoms with E-state index in [-0.39, 0.29) is 12.3 Å². The normalized spacial score (nSPS) is 10.3. The number of nitrogens with two attached hydrogens (primary N) is 1. The lowest BCUT2D eigenvalue weighted by Gasteiger charge is -2.11. The van der Waals surface area contributed by atoms with Gasteiger partial charge < -0.3 is 15.2 Å². The first kappa shape index (κ1) is 14.6. The fourth-order valence-electron chi connectivity index (χ4n) is 1.34. The Balaban J connectivity index is 3.41. The minimum Gasteiger partial charge on any atom is -0.462 e. The Morgan fingerprint density at radius 3 is 2.63 bits per heavy atom. The molecule has 0 saturated carbocycles. The van der Waals surface area contributed by atoms with Gasteiger partial charge in [0.15, 0.2) is 0 Å². The van der Waals surface area contributed by atoms with E-state index >= 15 is 0 Å². The van der Waals surface area contributed by atoms with Crippen LogP contribution in [-0.4, -0.2) is 24.1 Å². The number of rotatable bonds is 5. The second kappa shape index (κ2) is 5.94. The summed E-state index contributed by atoms with van der Waals surface area (Å²) in [5, 5.41) is 10.8. The number of carbonyl (C=O) groups is 1. The Hall–Kier alpha value is -2.45. The van der Waals surface area contributed by atoms with Crippen LogP contribution in [0.15, 0.2) is 12.1 Å². The van der Waals surface area contributed by atoms with Crippen molar-refractivity contribution in [3.05, 3.63) is 27.8 Å². The van der Waals surface area contributed by atoms with Crippen molar-refractivity contribution in [2.75, 3.05) is 12.3 Å². The Morgan fingerprint density at radius 1 is 1.53 bits per heavy atom. The van der Waals surface area contributed by atoms with Crippen LogP contribution in [0.3, 0.4) is 0 Å². The smallest absolute Gasteiger partial charge is 0.387 e. The van der Waals surface area contributed by atoms with Crippen LogP contribution in [0.25, 0.3) is 0 Å². The van der Waals surface area contributed by atoms with Gasteiger partial charge in [-0.1, -0.05) is 0 Å². The monoisotopic (exact) mass is 276 g/mol. The van der Waals surface area contributed by atoms with E-state index in [9.17, 15) is 23.7 Å². The number of alkyl halides is 2. The van der Waals surface area contributed by atoms with E-state index in [1.807, 2.05) is 0 Å². The van der Waals surface area contributed by atoms with Crippen LogP contribution in [0, 0.1) is 10.1 Å². The maximum atomic E-state index is 12.3. The Bertz CT molecular complexity index is 507. The molecule has 0 fully saturated rings. The fraction of sp³-hybridized carbons (Fsp3) is 0.300. The van der Waals surface area contributed by atoms with Crippen LogP contribution in [-0.2, 0) is 4.74 Å². The first-order valence-electron chi connectivity index (χ1n) is 5.06. The molecule has 0 aliphatic rings. The zero-order valence-electron chi connectivity index (χ0n) is 9.76. The molecule has 2 N–H and O–H groups in total. The number of anilines is 1. The quantitative estimate of drug-likeness (QED) is 0.381. The Labute approximate surface area is 106 Å². The van der Waals surface area contributed by atoms with Gasteiger partial charge in [0.1, 0.15) is 5.56 Å². The first-order valence-corrected chi connectivity index (χ1v) is 5.06. The molecule has 0 spiro atoms. The standard InChI is InChI=1S/C10H10F2N2O5/c1-2-18-9(15)6-3-5(13)4-7(14(16)17)8(6)19-10(11)12/h3-4,10H,2,13H2,1H3. The number of nitro groups is 1. The van der Waals surface area contributed by atoms with Crippen molar-refractivity contribution in [2.45, 2.75) is 13.5 Å². The highest BCUT2D eigenvalue weighted by Crippen LogP contribution is 2.35. The van der Waals surface area contributed by atoms with Gasteiger partial charge in [-0.3, -0.25) is 10.1 Å². The predicted octanol–water partition coefficient (Wildman–Crippen LogP) is 1.96. The summed E-state index contributed by atoms with van der Waals surface area (Å²) in [7, 11) is 0. The highest BCUT2D eigenvalue weighted by atomic mass is 19.3. The molecule has 0 unspecified atom stereocenters. The molecule has 104 valence electrons. The summed E-state index contributed by atoms with van der Waals surface area (Å²) in [6.45, 7) is -1.86. The van der Waals surface area contributed by atoms with E-state index in [1.54, 1.807) is 0 Å². The average molecular weight is 276 g/mol. The minimum absolute atomic E-state index is 0.0322. The van der Waals surface area contributed by atoms with Crippen LogP contribution in [0.5, 0.6) is 5.75 Å². The van der Waals surface area contributed by atoms with Gasteiger partial charge in [-0.25, -0.2) is 4.79 Å². The van der Waals surface area contributed by atoms with Crippen molar-refractivity contribution in [1.29, 1.82) is 0 Å². The van der Waals surface area contributed by atoms with Gasteiger partial charge in [-0.2, -0.15) is 8.78 Å². The molecule has 0 heterocycles. The molecule has 0 atom stereocenters. The van der Waals surface area contributed by atoms with E-state index in [2.05, 4.69) is 9.47 Å². The van der Waals surface area contributed by atoms with Crippen LogP contribution in [0.4, 0.5) is 20.2 Å². The Morgan fingerprint density at radius 2 is 2.16 bits per heavy atom. The molecular formula is C10H10F2N2O5. The van der Waals surface area contributed by atoms with Gasteiger partial charge in [0.05, 0.1) is 11.5 Å². The SMILES string of the molecule is CCOC(=O)c1cc(N)cc([N+](=O)[O-])c1OC(F)F. The van der Waals surface area contributed by atoms with Gasteiger partial charge in [0, 0.05) is 11.8 Å². The zero-order valence-corrected chi connectivity index (χ0v) is 9.76. The lowest BCUT2D eigenvalue weighted by atomic mass is 10.1. The summed E-state index contributed by atoms with van der Waals surface area (Å²) < 4.78 is 33.2. The molecule has 1 rings (SSSR count). The number of nitro benzene ring substituents is 1. The number of ether oxygens (including phenoxy) is 2. The molecule has 1 aromatic rings. The molecule has 0 amide bonds. The minimum atomic E-state index is -3.32. The zero-order chi connectivity index (χ0) is 14.6. The first-order chi connectivity index (χ1) is 8.86. The second-order valence-electron chi connectivity index (χ2n) is 3.27. The molecule has 9 heteroatoms. The molecule has 0 aliphatic carbocycles. The average Bonchev–Trinajstić information content (AvgIpc) is 2.30. The summed E-state index contributed by atoms with van der Waals surface area (Å²) >= 11 is 0. The van der Waals surface area contributed by atoms with Gasteiger partial charge in [0.2, 0.25) is 5.75 Å². The van der Waals surface area contributed by atoms with Gasteiger partial charge in [-0.15, -0.1) is 0 Å². The number of esters is 1. The van der Waals surface area contributed by atoms with E-state index in [0.29, 0.717) is 0 Å². The third kappa shape index (κ3) is 3.50. The third-order valence-corrected chi connectivity index (χ3v) is 1.99. The van der Waals surface area contributed by atoms with Crippen molar-refractivity contribution in [2.24, 2.45) is 0 Å². The van der Waals surface area contributed by atoms with Crippen molar-refractivity contribution in [3.8, 4) is 5.75 Å². The molecule has 19 heavy (non-hydrogen) atoms. The van der Waals surface area contributed by atoms with Crippen molar-refractivity contribution >= 4 is 17.3 Å². The molecule has 0 saturated heterocycles. The lowest BCUT2D eigenvalue weighted by Crippen LogP contribution is -2.13. The van der Waals surface area contributed by atoms with Crippen LogP contribution < -0.4 is 10.5 Å². The summed E-state index contributed by atoms with van der Waals surface area (Å²) in [5.74, 6) is -1.90. The van der Waals surface area contributed by atoms with E-state index < -0.39 is 34.5 Å². The summed E-state index contributed by atoms with van der Waals surface area (Å²) in [6, 6.07) is 1.79. The molecule has 0 aromatic heterocycles. The molecule has 1 aromatic carbocycles. The topological polar surface area (TPSA) is 105 Å². The van der Waals surface area contributed by atoms with E-state index in [0.717, 1.165) is 12.1 Å². The highest BCUT2D eigenvalue weighted by Gasteiger charge is 2.27. The molecule has 0 bridgehead atoms. The maximum absolute atomic E-state index is 12.3. The van der Waals surface area contributed by atoms with Crippen LogP contribution in [0.2, 0.25) is 0 Å². The molecule has 0 aliphatic heterocycles. The molecular weight excluding hydrogens is 266 g/mol. The van der Waals surface area contributed by atoms with Crippen molar-refractivity contribution in [3.63, 3.8) is 0 Å². The van der Waals surface area contributed by atoms with Crippen molar-refractivity contribution in [1.82, 2.24) is 0 Å². The highest BCUT2D eigenvalue weighted by molar-refractivity contribution is 5.95. The lowest BCUT2D eigenvalue weighted by molar-refractivity contribution is -0.386. The number of halogens is 2. The number of hydrogen-bond acceptors (Lipinski definition) is 6. The van der Waals surface area contributed by atoms with E-state index in [1.165, 1.54) is 6.92 Å². The van der Waals surface area contributed by atoms with Gasteiger partial charge >= 0.3 is 18.3 Å². The summed E-state index contributed by atoms with van der Waals surface area (Å²) in [6.07, 6.45) is 0.